The summed E-state index contributed by atoms with van der Waals surface area (Å²) in [5.41, 5.74) is -0.891. The molecule has 1 saturated heterocycles. The standard InChI is InChI=1S/C17H23F3N2O3S/c1-22(16(24)8-12-11-26-7-6-21-12)9-13(23)10-25-15-5-3-2-4-14(15)17(18,19)20/h2-5,12-13,21,23H,6-11H2,1H3. The van der Waals surface area contributed by atoms with Gasteiger partial charge in [-0.25, -0.2) is 0 Å². The van der Waals surface area contributed by atoms with E-state index in [1.54, 1.807) is 18.8 Å². The molecule has 0 bridgehead atoms. The number of hydrogen-bond donors (Lipinski definition) is 2. The zero-order chi connectivity index (χ0) is 19.2. The summed E-state index contributed by atoms with van der Waals surface area (Å²) in [7, 11) is 1.56. The third-order valence-corrected chi connectivity index (χ3v) is 5.08. The zero-order valence-corrected chi connectivity index (χ0v) is 15.3. The molecule has 1 aromatic carbocycles. The van der Waals surface area contributed by atoms with Gasteiger partial charge in [-0.2, -0.15) is 24.9 Å². The number of carbonyl (C=O) groups excluding carboxylic acids is 1. The zero-order valence-electron chi connectivity index (χ0n) is 14.5. The number of para-hydroxylation sites is 1. The van der Waals surface area contributed by atoms with Crippen molar-refractivity contribution in [1.29, 1.82) is 0 Å². The molecule has 2 atom stereocenters. The maximum atomic E-state index is 12.9. The van der Waals surface area contributed by atoms with E-state index in [1.165, 1.54) is 23.1 Å². The topological polar surface area (TPSA) is 61.8 Å². The molecule has 1 aromatic rings. The van der Waals surface area contributed by atoms with E-state index >= 15 is 0 Å². The van der Waals surface area contributed by atoms with Crippen LogP contribution in [0.1, 0.15) is 12.0 Å². The highest BCUT2D eigenvalue weighted by molar-refractivity contribution is 7.99. The first-order valence-electron chi connectivity index (χ1n) is 8.29. The number of nitrogens with one attached hydrogen (secondary N) is 1. The van der Waals surface area contributed by atoms with Gasteiger partial charge in [-0.3, -0.25) is 4.79 Å². The van der Waals surface area contributed by atoms with Crippen molar-refractivity contribution in [2.75, 3.05) is 38.2 Å². The fourth-order valence-electron chi connectivity index (χ4n) is 2.60. The van der Waals surface area contributed by atoms with E-state index in [1.807, 2.05) is 0 Å². The van der Waals surface area contributed by atoms with Gasteiger partial charge in [0.1, 0.15) is 18.5 Å². The lowest BCUT2D eigenvalue weighted by Crippen LogP contribution is -2.43. The van der Waals surface area contributed by atoms with Crippen molar-refractivity contribution in [3.05, 3.63) is 29.8 Å². The van der Waals surface area contributed by atoms with Gasteiger partial charge in [-0.15, -0.1) is 0 Å². The van der Waals surface area contributed by atoms with Crippen LogP contribution in [-0.4, -0.2) is 66.3 Å². The Kier molecular flexibility index (Phi) is 7.60. The van der Waals surface area contributed by atoms with Crippen LogP contribution in [0.2, 0.25) is 0 Å². The molecule has 1 heterocycles. The van der Waals surface area contributed by atoms with Crippen molar-refractivity contribution in [2.24, 2.45) is 0 Å². The molecule has 26 heavy (non-hydrogen) atoms. The number of halogens is 3. The van der Waals surface area contributed by atoms with Crippen LogP contribution >= 0.6 is 11.8 Å². The predicted molar refractivity (Wildman–Crippen MR) is 94.3 cm³/mol. The average molecular weight is 392 g/mol. The fraction of sp³-hybridized carbons (Fsp3) is 0.588. The summed E-state index contributed by atoms with van der Waals surface area (Å²) in [4.78, 5) is 13.6. The molecule has 9 heteroatoms. The van der Waals surface area contributed by atoms with E-state index in [4.69, 9.17) is 4.74 Å². The van der Waals surface area contributed by atoms with Gasteiger partial charge >= 0.3 is 6.18 Å². The smallest absolute Gasteiger partial charge is 0.419 e. The van der Waals surface area contributed by atoms with Crippen molar-refractivity contribution in [2.45, 2.75) is 24.7 Å². The van der Waals surface area contributed by atoms with Gasteiger partial charge in [-0.1, -0.05) is 12.1 Å². The van der Waals surface area contributed by atoms with E-state index < -0.39 is 17.8 Å². The number of rotatable bonds is 7. The Morgan fingerprint density at radius 2 is 2.19 bits per heavy atom. The molecule has 146 valence electrons. The summed E-state index contributed by atoms with van der Waals surface area (Å²) >= 11 is 1.79. The Hall–Kier alpha value is -1.45. The lowest BCUT2D eigenvalue weighted by Gasteiger charge is -2.26. The number of hydrogen-bond acceptors (Lipinski definition) is 5. The van der Waals surface area contributed by atoms with Gasteiger partial charge in [0.2, 0.25) is 5.91 Å². The first kappa shape index (κ1) is 20.9. The number of amides is 1. The Morgan fingerprint density at radius 1 is 1.46 bits per heavy atom. The number of ether oxygens (including phenoxy) is 1. The van der Waals surface area contributed by atoms with Gasteiger partial charge in [0.05, 0.1) is 5.56 Å². The SMILES string of the molecule is CN(CC(O)COc1ccccc1C(F)(F)F)C(=O)CC1CSCCN1. The highest BCUT2D eigenvalue weighted by atomic mass is 32.2. The molecule has 2 unspecified atom stereocenters. The molecule has 0 spiro atoms. The normalized spacial score (nSPS) is 19.0. The molecular weight excluding hydrogens is 369 g/mol. The molecule has 1 aliphatic heterocycles. The van der Waals surface area contributed by atoms with E-state index in [0.717, 1.165) is 24.1 Å². The van der Waals surface area contributed by atoms with Crippen LogP contribution in [0.25, 0.3) is 0 Å². The van der Waals surface area contributed by atoms with Crippen molar-refractivity contribution in [3.8, 4) is 5.75 Å². The molecule has 0 aliphatic carbocycles. The van der Waals surface area contributed by atoms with Crippen LogP contribution in [0.3, 0.4) is 0 Å². The summed E-state index contributed by atoms with van der Waals surface area (Å²) in [6, 6.07) is 4.94. The van der Waals surface area contributed by atoms with Crippen LogP contribution < -0.4 is 10.1 Å². The summed E-state index contributed by atoms with van der Waals surface area (Å²) in [6.45, 7) is 0.524. The highest BCUT2D eigenvalue weighted by Crippen LogP contribution is 2.35. The minimum absolute atomic E-state index is 0.00706. The number of carbonyl (C=O) groups is 1. The summed E-state index contributed by atoms with van der Waals surface area (Å²) in [6.07, 6.45) is -5.29. The summed E-state index contributed by atoms with van der Waals surface area (Å²) in [5, 5.41) is 13.3. The lowest BCUT2D eigenvalue weighted by molar-refractivity contribution is -0.139. The molecular formula is C17H23F3N2O3S. The molecule has 2 N–H and O–H groups in total. The van der Waals surface area contributed by atoms with Crippen LogP contribution in [0, 0.1) is 0 Å². The van der Waals surface area contributed by atoms with Gasteiger partial charge in [0.15, 0.2) is 0 Å². The van der Waals surface area contributed by atoms with E-state index in [2.05, 4.69) is 5.32 Å². The molecule has 1 aliphatic rings. The summed E-state index contributed by atoms with van der Waals surface area (Å²) < 4.78 is 43.9. The second-order valence-corrected chi connectivity index (χ2v) is 7.31. The maximum absolute atomic E-state index is 12.9. The van der Waals surface area contributed by atoms with Crippen molar-refractivity contribution in [1.82, 2.24) is 10.2 Å². The maximum Gasteiger partial charge on any atom is 0.419 e. The monoisotopic (exact) mass is 392 g/mol. The first-order valence-corrected chi connectivity index (χ1v) is 9.45. The third kappa shape index (κ3) is 6.37. The van der Waals surface area contributed by atoms with Gasteiger partial charge in [-0.05, 0) is 12.1 Å². The predicted octanol–water partition coefficient (Wildman–Crippen LogP) is 2.00. The number of likely N-dealkylation sites (N-methyl/N-ethyl adjacent to an activating group) is 1. The van der Waals surface area contributed by atoms with Gasteiger partial charge in [0, 0.05) is 44.1 Å². The van der Waals surface area contributed by atoms with Crippen LogP contribution in [0.15, 0.2) is 24.3 Å². The number of nitrogens with zero attached hydrogens (tertiary/aromatic N) is 1. The van der Waals surface area contributed by atoms with E-state index in [0.29, 0.717) is 6.42 Å². The second-order valence-electron chi connectivity index (χ2n) is 6.16. The summed E-state index contributed by atoms with van der Waals surface area (Å²) in [5.74, 6) is 1.42. The molecule has 1 amide bonds. The molecule has 5 nitrogen and oxygen atoms in total. The van der Waals surface area contributed by atoms with E-state index in [9.17, 15) is 23.1 Å². The quantitative estimate of drug-likeness (QED) is 0.743. The first-order chi connectivity index (χ1) is 12.3. The molecule has 1 fully saturated rings. The van der Waals surface area contributed by atoms with Gasteiger partial charge in [0.25, 0.3) is 0 Å². The number of thioether (sulfide) groups is 1. The lowest BCUT2D eigenvalue weighted by atomic mass is 10.2. The molecule has 2 rings (SSSR count). The third-order valence-electron chi connectivity index (χ3n) is 3.95. The Bertz CT molecular complexity index is 595. The fourth-order valence-corrected chi connectivity index (χ4v) is 3.55. The average Bonchev–Trinajstić information content (AvgIpc) is 2.60. The number of aliphatic hydroxyl groups is 1. The molecule has 0 radical (unpaired) electrons. The van der Waals surface area contributed by atoms with Crippen molar-refractivity contribution in [3.63, 3.8) is 0 Å². The Morgan fingerprint density at radius 3 is 2.85 bits per heavy atom. The highest BCUT2D eigenvalue weighted by Gasteiger charge is 2.34. The largest absolute Gasteiger partial charge is 0.490 e. The van der Waals surface area contributed by atoms with Crippen LogP contribution in [0.5, 0.6) is 5.75 Å². The minimum atomic E-state index is -4.53. The van der Waals surface area contributed by atoms with Crippen molar-refractivity contribution >= 4 is 17.7 Å². The minimum Gasteiger partial charge on any atom is -0.490 e. The molecule has 0 aromatic heterocycles. The number of aliphatic hydroxyl groups excluding tert-OH is 1. The van der Waals surface area contributed by atoms with Crippen LogP contribution in [0.4, 0.5) is 13.2 Å². The van der Waals surface area contributed by atoms with Crippen molar-refractivity contribution < 1.29 is 27.8 Å². The van der Waals surface area contributed by atoms with Crippen LogP contribution in [-0.2, 0) is 11.0 Å². The molecule has 0 saturated carbocycles. The number of benzene rings is 1. The Balaban J connectivity index is 1.81. The van der Waals surface area contributed by atoms with E-state index in [-0.39, 0.29) is 30.9 Å². The number of alkyl halides is 3. The second kappa shape index (κ2) is 9.48. The van der Waals surface area contributed by atoms with Gasteiger partial charge < -0.3 is 20.1 Å². The Labute approximate surface area is 154 Å².